The van der Waals surface area contributed by atoms with Crippen molar-refractivity contribution in [3.8, 4) is 0 Å². The number of aryl methyl sites for hydroxylation is 1. The van der Waals surface area contributed by atoms with Crippen LogP contribution in [0, 0.1) is 6.92 Å². The Morgan fingerprint density at radius 2 is 1.14 bits per heavy atom. The fraction of sp³-hybridized carbons (Fsp3) is 0.682. The molecule has 124 valence electrons. The molecule has 0 N–H and O–H groups in total. The molecule has 0 saturated heterocycles. The van der Waals surface area contributed by atoms with Crippen molar-refractivity contribution < 1.29 is 0 Å². The van der Waals surface area contributed by atoms with Gasteiger partial charge in [-0.2, -0.15) is 0 Å². The zero-order valence-electron chi connectivity index (χ0n) is 15.2. The monoisotopic (exact) mass is 300 g/mol. The van der Waals surface area contributed by atoms with E-state index < -0.39 is 0 Å². The van der Waals surface area contributed by atoms with Crippen molar-refractivity contribution >= 4 is 0 Å². The molecule has 0 aliphatic heterocycles. The summed E-state index contributed by atoms with van der Waals surface area (Å²) in [6.45, 7) is 13.2. The van der Waals surface area contributed by atoms with Crippen molar-refractivity contribution in [1.29, 1.82) is 0 Å². The maximum atomic E-state index is 6.33. The van der Waals surface area contributed by atoms with Crippen LogP contribution in [-0.2, 0) is 19.3 Å². The van der Waals surface area contributed by atoms with Gasteiger partial charge in [-0.05, 0) is 67.7 Å². The lowest BCUT2D eigenvalue weighted by Gasteiger charge is -2.18. The summed E-state index contributed by atoms with van der Waals surface area (Å²) >= 11 is 0. The lowest BCUT2D eigenvalue weighted by atomic mass is 9.88. The van der Waals surface area contributed by atoms with Gasteiger partial charge in [-0.3, -0.25) is 0 Å². The molecule has 0 nitrogen and oxygen atoms in total. The molecule has 0 unspecified atom stereocenters. The second kappa shape index (κ2) is 11.7. The van der Waals surface area contributed by atoms with E-state index in [-0.39, 0.29) is 0 Å². The number of benzene rings is 1. The lowest BCUT2D eigenvalue weighted by Crippen LogP contribution is -2.04. The van der Waals surface area contributed by atoms with E-state index in [2.05, 4.69) is 32.9 Å². The molecule has 0 heteroatoms. The van der Waals surface area contributed by atoms with Crippen LogP contribution >= 0.6 is 0 Å². The highest BCUT2D eigenvalue weighted by atomic mass is 14.2. The van der Waals surface area contributed by atoms with E-state index in [1.165, 1.54) is 82.6 Å². The fourth-order valence-electron chi connectivity index (χ4n) is 3.27. The van der Waals surface area contributed by atoms with E-state index in [1.54, 1.807) is 11.1 Å². The molecule has 0 saturated carbocycles. The van der Waals surface area contributed by atoms with Gasteiger partial charge in [0.25, 0.3) is 0 Å². The van der Waals surface area contributed by atoms with Gasteiger partial charge in [0.15, 0.2) is 0 Å². The van der Waals surface area contributed by atoms with E-state index >= 15 is 0 Å². The largest absolute Gasteiger partial charge is 0.0654 e. The summed E-state index contributed by atoms with van der Waals surface area (Å²) in [5.74, 6) is 0. The van der Waals surface area contributed by atoms with E-state index in [4.69, 9.17) is 6.92 Å². The van der Waals surface area contributed by atoms with Gasteiger partial charge in [0, 0.05) is 0 Å². The highest BCUT2D eigenvalue weighted by Gasteiger charge is 2.11. The standard InChI is InChI=1S/C22H36/c1-5-8-11-14-20-18-17-19(4)21(15-12-9-6-2)22(20)16-13-10-7-3/h4,17-18H,5-16H2,1-3H3. The molecule has 1 aromatic carbocycles. The Hall–Kier alpha value is -0.780. The van der Waals surface area contributed by atoms with Gasteiger partial charge in [-0.1, -0.05) is 71.4 Å². The molecule has 0 aliphatic rings. The second-order valence-electron chi connectivity index (χ2n) is 6.64. The second-order valence-corrected chi connectivity index (χ2v) is 6.64. The minimum atomic E-state index is 1.03. The molecule has 2 radical (unpaired) electrons. The van der Waals surface area contributed by atoms with Crippen molar-refractivity contribution in [2.24, 2.45) is 0 Å². The molecule has 0 amide bonds. The molecule has 22 heavy (non-hydrogen) atoms. The number of rotatable bonds is 12. The molecule has 0 aromatic heterocycles. The zero-order chi connectivity index (χ0) is 16.2. The van der Waals surface area contributed by atoms with Crippen LogP contribution in [0.1, 0.15) is 101 Å². The Bertz CT molecular complexity index is 403. The number of hydrogen-bond donors (Lipinski definition) is 0. The quantitative estimate of drug-likeness (QED) is 0.367. The predicted molar refractivity (Wildman–Crippen MR) is 99.5 cm³/mol. The van der Waals surface area contributed by atoms with Crippen molar-refractivity contribution in [2.45, 2.75) is 97.8 Å². The van der Waals surface area contributed by atoms with Crippen LogP contribution in [0.2, 0.25) is 0 Å². The summed E-state index contributed by atoms with van der Waals surface area (Å²) < 4.78 is 0. The van der Waals surface area contributed by atoms with Crippen LogP contribution in [0.3, 0.4) is 0 Å². The third-order valence-electron chi connectivity index (χ3n) is 4.67. The van der Waals surface area contributed by atoms with Crippen LogP contribution < -0.4 is 0 Å². The molecular formula is C22H36. The first kappa shape index (κ1) is 19.3. The number of hydrogen-bond acceptors (Lipinski definition) is 0. The average molecular weight is 301 g/mol. The third-order valence-corrected chi connectivity index (χ3v) is 4.67. The van der Waals surface area contributed by atoms with Gasteiger partial charge in [0.2, 0.25) is 0 Å². The summed E-state index contributed by atoms with van der Waals surface area (Å²) in [6, 6.07) is 4.46. The topological polar surface area (TPSA) is 0 Å². The van der Waals surface area contributed by atoms with Crippen molar-refractivity contribution in [1.82, 2.24) is 0 Å². The Kier molecular flexibility index (Phi) is 10.3. The molecule has 0 bridgehead atoms. The Morgan fingerprint density at radius 1 is 0.636 bits per heavy atom. The SMILES string of the molecule is [CH]c1ccc(CCCCC)c(CCCCC)c1CCCCC. The predicted octanol–water partition coefficient (Wildman–Crippen LogP) is 6.94. The molecular weight excluding hydrogens is 264 g/mol. The van der Waals surface area contributed by atoms with E-state index in [0.717, 1.165) is 5.56 Å². The highest BCUT2D eigenvalue weighted by Crippen LogP contribution is 2.25. The van der Waals surface area contributed by atoms with Crippen LogP contribution in [0.5, 0.6) is 0 Å². The molecule has 0 aliphatic carbocycles. The van der Waals surface area contributed by atoms with Crippen LogP contribution in [0.4, 0.5) is 0 Å². The third kappa shape index (κ3) is 6.55. The van der Waals surface area contributed by atoms with Crippen molar-refractivity contribution in [3.63, 3.8) is 0 Å². The van der Waals surface area contributed by atoms with Gasteiger partial charge in [-0.15, -0.1) is 0 Å². The van der Waals surface area contributed by atoms with Crippen LogP contribution in [0.25, 0.3) is 0 Å². The summed E-state index contributed by atoms with van der Waals surface area (Å²) in [5.41, 5.74) is 5.67. The van der Waals surface area contributed by atoms with Crippen LogP contribution in [0.15, 0.2) is 12.1 Å². The fourth-order valence-corrected chi connectivity index (χ4v) is 3.27. The van der Waals surface area contributed by atoms with Crippen LogP contribution in [-0.4, -0.2) is 0 Å². The average Bonchev–Trinajstić information content (AvgIpc) is 2.52. The number of unbranched alkanes of at least 4 members (excludes halogenated alkanes) is 6. The first-order chi connectivity index (χ1) is 10.7. The summed E-state index contributed by atoms with van der Waals surface area (Å²) in [5, 5.41) is 0. The molecule has 0 fully saturated rings. The highest BCUT2D eigenvalue weighted by molar-refractivity contribution is 5.43. The van der Waals surface area contributed by atoms with Crippen molar-refractivity contribution in [3.05, 3.63) is 41.3 Å². The van der Waals surface area contributed by atoms with Gasteiger partial charge in [0.1, 0.15) is 0 Å². The molecule has 1 rings (SSSR count). The molecule has 0 spiro atoms. The molecule has 0 atom stereocenters. The molecule has 0 heterocycles. The maximum Gasteiger partial charge on any atom is -0.000901 e. The normalized spacial score (nSPS) is 11.1. The Balaban J connectivity index is 2.89. The smallest absolute Gasteiger partial charge is 0.000901 e. The summed E-state index contributed by atoms with van der Waals surface area (Å²) in [7, 11) is 0. The molecule has 1 aromatic rings. The van der Waals surface area contributed by atoms with Crippen molar-refractivity contribution in [2.75, 3.05) is 0 Å². The summed E-state index contributed by atoms with van der Waals surface area (Å²) in [6.07, 6.45) is 15.4. The van der Waals surface area contributed by atoms with E-state index in [9.17, 15) is 0 Å². The Labute approximate surface area is 139 Å². The van der Waals surface area contributed by atoms with Gasteiger partial charge < -0.3 is 0 Å². The van der Waals surface area contributed by atoms with Gasteiger partial charge in [-0.25, -0.2) is 0 Å². The van der Waals surface area contributed by atoms with Gasteiger partial charge >= 0.3 is 0 Å². The lowest BCUT2D eigenvalue weighted by molar-refractivity contribution is 0.677. The minimum Gasteiger partial charge on any atom is -0.0654 e. The first-order valence-corrected chi connectivity index (χ1v) is 9.63. The zero-order valence-corrected chi connectivity index (χ0v) is 15.2. The van der Waals surface area contributed by atoms with E-state index in [1.807, 2.05) is 0 Å². The summed E-state index contributed by atoms with van der Waals surface area (Å²) in [4.78, 5) is 0. The minimum absolute atomic E-state index is 1.03. The van der Waals surface area contributed by atoms with Gasteiger partial charge in [0.05, 0.1) is 0 Å². The van der Waals surface area contributed by atoms with E-state index in [0.29, 0.717) is 0 Å². The maximum absolute atomic E-state index is 6.33. The first-order valence-electron chi connectivity index (χ1n) is 9.63. The Morgan fingerprint density at radius 3 is 1.68 bits per heavy atom.